The van der Waals surface area contributed by atoms with Crippen molar-refractivity contribution in [3.63, 3.8) is 0 Å². The zero-order chi connectivity index (χ0) is 17.9. The molecule has 26 heavy (non-hydrogen) atoms. The normalized spacial score (nSPS) is 22.9. The maximum atomic E-state index is 12.6. The van der Waals surface area contributed by atoms with E-state index in [-0.39, 0.29) is 5.91 Å². The van der Waals surface area contributed by atoms with Gasteiger partial charge in [0.15, 0.2) is 5.82 Å². The SMILES string of the molecule is Cc1ccc(-c2nc(SCC(=O)N3CC[C@H]4CCCC[C@H]4C3)n[nH]2)cc1. The monoisotopic (exact) mass is 370 g/mol. The highest BCUT2D eigenvalue weighted by molar-refractivity contribution is 7.99. The first kappa shape index (κ1) is 17.6. The van der Waals surface area contributed by atoms with E-state index in [1.54, 1.807) is 0 Å². The minimum atomic E-state index is 0.223. The van der Waals surface area contributed by atoms with Crippen LogP contribution in [0.25, 0.3) is 11.4 Å². The van der Waals surface area contributed by atoms with Crippen molar-refractivity contribution in [1.82, 2.24) is 20.1 Å². The van der Waals surface area contributed by atoms with Gasteiger partial charge in [-0.3, -0.25) is 9.89 Å². The number of piperidine rings is 1. The lowest BCUT2D eigenvalue weighted by Crippen LogP contribution is -2.45. The molecule has 0 unspecified atom stereocenters. The van der Waals surface area contributed by atoms with Gasteiger partial charge in [0.2, 0.25) is 11.1 Å². The lowest BCUT2D eigenvalue weighted by Gasteiger charge is -2.41. The summed E-state index contributed by atoms with van der Waals surface area (Å²) in [4.78, 5) is 19.2. The number of amides is 1. The van der Waals surface area contributed by atoms with Crippen molar-refractivity contribution in [2.24, 2.45) is 11.8 Å². The van der Waals surface area contributed by atoms with E-state index in [1.807, 2.05) is 12.1 Å². The highest BCUT2D eigenvalue weighted by Crippen LogP contribution is 2.36. The number of aromatic amines is 1. The molecule has 1 aliphatic heterocycles. The second-order valence-electron chi connectivity index (χ2n) is 7.55. The molecule has 2 aromatic rings. The Balaban J connectivity index is 1.31. The molecular formula is C20H26N4OS. The molecule has 1 aliphatic carbocycles. The number of nitrogens with zero attached hydrogens (tertiary/aromatic N) is 3. The molecule has 1 saturated heterocycles. The summed E-state index contributed by atoms with van der Waals surface area (Å²) in [6, 6.07) is 8.18. The zero-order valence-corrected chi connectivity index (χ0v) is 16.1. The van der Waals surface area contributed by atoms with Gasteiger partial charge >= 0.3 is 0 Å². The van der Waals surface area contributed by atoms with Crippen LogP contribution in [0.5, 0.6) is 0 Å². The molecule has 1 N–H and O–H groups in total. The zero-order valence-electron chi connectivity index (χ0n) is 15.3. The summed E-state index contributed by atoms with van der Waals surface area (Å²) in [5.74, 6) is 2.97. The van der Waals surface area contributed by atoms with Crippen molar-refractivity contribution in [1.29, 1.82) is 0 Å². The number of benzene rings is 1. The van der Waals surface area contributed by atoms with Gasteiger partial charge in [0.1, 0.15) is 0 Å². The summed E-state index contributed by atoms with van der Waals surface area (Å²) >= 11 is 1.43. The fraction of sp³-hybridized carbons (Fsp3) is 0.550. The lowest BCUT2D eigenvalue weighted by atomic mass is 9.75. The fourth-order valence-corrected chi connectivity index (χ4v) is 4.90. The summed E-state index contributed by atoms with van der Waals surface area (Å²) in [5, 5.41) is 7.87. The molecule has 1 saturated carbocycles. The van der Waals surface area contributed by atoms with Crippen LogP contribution in [0.3, 0.4) is 0 Å². The van der Waals surface area contributed by atoms with Gasteiger partial charge in [0.25, 0.3) is 0 Å². The number of nitrogens with one attached hydrogen (secondary N) is 1. The van der Waals surface area contributed by atoms with E-state index in [0.717, 1.165) is 36.3 Å². The topological polar surface area (TPSA) is 61.9 Å². The predicted molar refractivity (Wildman–Crippen MR) is 104 cm³/mol. The first-order valence-corrected chi connectivity index (χ1v) is 10.6. The third kappa shape index (κ3) is 3.95. The van der Waals surface area contributed by atoms with Crippen molar-refractivity contribution in [2.45, 2.75) is 44.2 Å². The minimum absolute atomic E-state index is 0.223. The van der Waals surface area contributed by atoms with E-state index < -0.39 is 0 Å². The Bertz CT molecular complexity index is 757. The van der Waals surface area contributed by atoms with Gasteiger partial charge in [0, 0.05) is 18.7 Å². The molecule has 2 atom stereocenters. The van der Waals surface area contributed by atoms with Crippen LogP contribution in [0, 0.1) is 18.8 Å². The third-order valence-corrected chi connectivity index (χ3v) is 6.59. The summed E-state index contributed by atoms with van der Waals surface area (Å²) in [6.45, 7) is 3.93. The van der Waals surface area contributed by atoms with Crippen molar-refractivity contribution >= 4 is 17.7 Å². The van der Waals surface area contributed by atoms with Crippen molar-refractivity contribution in [3.8, 4) is 11.4 Å². The summed E-state index contributed by atoms with van der Waals surface area (Å²) in [7, 11) is 0. The van der Waals surface area contributed by atoms with Gasteiger partial charge in [-0.2, -0.15) is 0 Å². The summed E-state index contributed by atoms with van der Waals surface area (Å²) in [6.07, 6.45) is 6.54. The number of rotatable bonds is 4. The van der Waals surface area contributed by atoms with Gasteiger partial charge in [-0.15, -0.1) is 5.10 Å². The number of fused-ring (bicyclic) bond motifs is 1. The van der Waals surface area contributed by atoms with Crippen LogP contribution in [0.4, 0.5) is 0 Å². The molecule has 4 rings (SSSR count). The molecule has 138 valence electrons. The van der Waals surface area contributed by atoms with Crippen molar-refractivity contribution in [3.05, 3.63) is 29.8 Å². The number of carbonyl (C=O) groups excluding carboxylic acids is 1. The molecule has 1 aromatic heterocycles. The molecule has 6 heteroatoms. The van der Waals surface area contributed by atoms with Gasteiger partial charge < -0.3 is 4.90 Å². The van der Waals surface area contributed by atoms with Crippen LogP contribution in [0.1, 0.15) is 37.7 Å². The van der Waals surface area contributed by atoms with Crippen LogP contribution in [0.2, 0.25) is 0 Å². The molecule has 1 aromatic carbocycles. The molecule has 2 heterocycles. The highest BCUT2D eigenvalue weighted by atomic mass is 32.2. The van der Waals surface area contributed by atoms with Crippen LogP contribution in [-0.2, 0) is 4.79 Å². The molecule has 0 spiro atoms. The Morgan fingerprint density at radius 1 is 1.19 bits per heavy atom. The molecule has 5 nitrogen and oxygen atoms in total. The number of likely N-dealkylation sites (tertiary alicyclic amines) is 1. The standard InChI is InChI=1S/C20H26N4OS/c1-14-6-8-16(9-7-14)19-21-20(23-22-19)26-13-18(25)24-11-10-15-4-2-3-5-17(15)12-24/h6-9,15,17H,2-5,10-13H2,1H3,(H,21,22,23)/t15-,17+/m1/s1. The molecule has 1 amide bonds. The van der Waals surface area contributed by atoms with Crippen LogP contribution in [-0.4, -0.2) is 44.8 Å². The Labute approximate surface area is 159 Å². The van der Waals surface area contributed by atoms with E-state index in [2.05, 4.69) is 39.1 Å². The Morgan fingerprint density at radius 3 is 2.77 bits per heavy atom. The first-order chi connectivity index (χ1) is 12.7. The van der Waals surface area contributed by atoms with Gasteiger partial charge in [0.05, 0.1) is 5.75 Å². The fourth-order valence-electron chi connectivity index (χ4n) is 4.20. The van der Waals surface area contributed by atoms with Gasteiger partial charge in [-0.1, -0.05) is 60.9 Å². The maximum absolute atomic E-state index is 12.6. The number of hydrogen-bond donors (Lipinski definition) is 1. The molecule has 0 radical (unpaired) electrons. The van der Waals surface area contributed by atoms with Crippen molar-refractivity contribution in [2.75, 3.05) is 18.8 Å². The lowest BCUT2D eigenvalue weighted by molar-refractivity contribution is -0.131. The quantitative estimate of drug-likeness (QED) is 0.829. The van der Waals surface area contributed by atoms with Crippen LogP contribution >= 0.6 is 11.8 Å². The van der Waals surface area contributed by atoms with Crippen LogP contribution in [0.15, 0.2) is 29.4 Å². The Hall–Kier alpha value is -1.82. The number of H-pyrrole nitrogens is 1. The van der Waals surface area contributed by atoms with E-state index in [1.165, 1.54) is 49.4 Å². The average molecular weight is 371 g/mol. The number of carbonyl (C=O) groups is 1. The number of thioether (sulfide) groups is 1. The molecular weight excluding hydrogens is 344 g/mol. The van der Waals surface area contributed by atoms with Crippen molar-refractivity contribution < 1.29 is 4.79 Å². The summed E-state index contributed by atoms with van der Waals surface area (Å²) < 4.78 is 0. The number of aromatic nitrogens is 3. The molecule has 0 bridgehead atoms. The molecule has 2 fully saturated rings. The second-order valence-corrected chi connectivity index (χ2v) is 8.50. The predicted octanol–water partition coefficient (Wildman–Crippen LogP) is 3.91. The van der Waals surface area contributed by atoms with E-state index >= 15 is 0 Å². The average Bonchev–Trinajstić information content (AvgIpc) is 3.15. The smallest absolute Gasteiger partial charge is 0.233 e. The van der Waals surface area contributed by atoms with Crippen LogP contribution < -0.4 is 0 Å². The first-order valence-electron chi connectivity index (χ1n) is 9.59. The van der Waals surface area contributed by atoms with Gasteiger partial charge in [-0.25, -0.2) is 4.98 Å². The van der Waals surface area contributed by atoms with E-state index in [4.69, 9.17) is 0 Å². The largest absolute Gasteiger partial charge is 0.342 e. The van der Waals surface area contributed by atoms with Gasteiger partial charge in [-0.05, 0) is 31.6 Å². The molecule has 2 aliphatic rings. The van der Waals surface area contributed by atoms with E-state index in [0.29, 0.717) is 10.9 Å². The maximum Gasteiger partial charge on any atom is 0.233 e. The minimum Gasteiger partial charge on any atom is -0.342 e. The number of hydrogen-bond acceptors (Lipinski definition) is 4. The Kier molecular flexibility index (Phi) is 5.29. The number of aryl methyl sites for hydroxylation is 1. The second kappa shape index (κ2) is 7.82. The summed E-state index contributed by atoms with van der Waals surface area (Å²) in [5.41, 5.74) is 2.23. The Morgan fingerprint density at radius 2 is 1.96 bits per heavy atom. The highest BCUT2D eigenvalue weighted by Gasteiger charge is 2.32. The third-order valence-electron chi connectivity index (χ3n) is 5.76. The van der Waals surface area contributed by atoms with E-state index in [9.17, 15) is 4.79 Å².